The maximum atomic E-state index is 9.55. The number of halogens is 8. The van der Waals surface area contributed by atoms with E-state index in [1.807, 2.05) is 45.8 Å². The van der Waals surface area contributed by atoms with Crippen molar-refractivity contribution >= 4 is 105 Å². The largest absolute Gasteiger partial charge is 0.478 e. The smallest absolute Gasteiger partial charge is 0.328 e. The minimum absolute atomic E-state index is 0.286. The molecule has 0 unspecified atom stereocenters. The van der Waals surface area contributed by atoms with E-state index in [0.717, 1.165) is 22.3 Å². The SMILES string of the molecule is Clc1ccc(CO[C@@H](Cn2ccnc2)c2ccc(Cl)cc2Cl)c(Cl)c1.Clc1ccc(CO[C@H](Cn2ccnc2)c2ccc(Cl)cc2Cl)c(Cl)c1.O=C(O)/C=C/C(=O)O. The summed E-state index contributed by atoms with van der Waals surface area (Å²) in [6.45, 7) is 1.78. The van der Waals surface area contributed by atoms with E-state index in [9.17, 15) is 9.59 Å². The van der Waals surface area contributed by atoms with Gasteiger partial charge < -0.3 is 28.8 Å². The molecule has 2 N–H and O–H groups in total. The number of ether oxygens (including phenoxy) is 2. The molecular weight excluding hydrogens is 916 g/mol. The number of imidazole rings is 2. The molecule has 18 heteroatoms. The first-order chi connectivity index (χ1) is 27.7. The van der Waals surface area contributed by atoms with Crippen LogP contribution in [0.5, 0.6) is 0 Å². The molecule has 0 spiro atoms. The number of hydrogen-bond donors (Lipinski definition) is 2. The highest BCUT2D eigenvalue weighted by atomic mass is 35.5. The van der Waals surface area contributed by atoms with Crippen molar-refractivity contribution in [3.63, 3.8) is 0 Å². The first kappa shape index (κ1) is 46.9. The Balaban J connectivity index is 0.000000217. The number of aromatic nitrogens is 4. The van der Waals surface area contributed by atoms with Crippen molar-refractivity contribution in [3.05, 3.63) is 185 Å². The van der Waals surface area contributed by atoms with Crippen molar-refractivity contribution in [2.75, 3.05) is 0 Å². The average Bonchev–Trinajstić information content (AvgIpc) is 3.88. The molecule has 304 valence electrons. The van der Waals surface area contributed by atoms with Crippen LogP contribution in [0, 0.1) is 0 Å². The molecule has 2 heterocycles. The zero-order valence-electron chi connectivity index (χ0n) is 29.9. The Kier molecular flexibility index (Phi) is 19.2. The van der Waals surface area contributed by atoms with E-state index in [0.29, 0.717) is 78.6 Å². The van der Waals surface area contributed by atoms with Gasteiger partial charge >= 0.3 is 11.9 Å². The summed E-state index contributed by atoms with van der Waals surface area (Å²) < 4.78 is 16.1. The Morgan fingerprint density at radius 1 is 0.552 bits per heavy atom. The Morgan fingerprint density at radius 3 is 1.19 bits per heavy atom. The number of rotatable bonds is 14. The molecule has 0 radical (unpaired) electrons. The standard InChI is InChI=1S/2C18H14Cl4N2O.C4H4O4/c2*19-13-2-1-12(16(21)7-13)10-25-18(9-24-6-5-23-11-24)15-4-3-14(20)8-17(15)22;5-3(6)1-2-4(7)8/h2*1-8,11,18H,9-10H2;1-2H,(H,5,6)(H,7,8)/b;;2-1+/t2*18-;/m10./s1. The molecule has 0 aliphatic carbocycles. The Hall–Kier alpha value is -3.78. The second kappa shape index (κ2) is 23.7. The van der Waals surface area contributed by atoms with Gasteiger partial charge in [-0.25, -0.2) is 19.6 Å². The highest BCUT2D eigenvalue weighted by Gasteiger charge is 2.19. The number of aliphatic carboxylic acids is 2. The van der Waals surface area contributed by atoms with Crippen molar-refractivity contribution < 1.29 is 29.3 Å². The molecule has 0 saturated carbocycles. The fourth-order valence-corrected chi connectivity index (χ4v) is 6.97. The lowest BCUT2D eigenvalue weighted by atomic mass is 10.1. The molecule has 6 aromatic rings. The molecule has 0 fully saturated rings. The van der Waals surface area contributed by atoms with Crippen LogP contribution < -0.4 is 0 Å². The summed E-state index contributed by atoms with van der Waals surface area (Å²) >= 11 is 49.1. The Labute approximate surface area is 374 Å². The predicted octanol–water partition coefficient (Wildman–Crippen LogP) is 12.6. The molecule has 58 heavy (non-hydrogen) atoms. The van der Waals surface area contributed by atoms with E-state index in [1.54, 1.807) is 73.6 Å². The average molecular weight is 948 g/mol. The molecule has 2 aromatic heterocycles. The number of carboxylic acids is 2. The van der Waals surface area contributed by atoms with Gasteiger partial charge in [-0.1, -0.05) is 117 Å². The molecule has 10 nitrogen and oxygen atoms in total. The third kappa shape index (κ3) is 15.8. The summed E-state index contributed by atoms with van der Waals surface area (Å²) in [4.78, 5) is 27.2. The molecule has 4 aromatic carbocycles. The first-order valence-corrected chi connectivity index (χ1v) is 19.8. The van der Waals surface area contributed by atoms with Crippen LogP contribution in [-0.2, 0) is 45.4 Å². The second-order valence-corrected chi connectivity index (χ2v) is 15.3. The highest BCUT2D eigenvalue weighted by molar-refractivity contribution is 6.36. The lowest BCUT2D eigenvalue weighted by Crippen LogP contribution is -2.12. The molecule has 0 saturated heterocycles. The summed E-state index contributed by atoms with van der Waals surface area (Å²) in [6, 6.07) is 21.4. The van der Waals surface area contributed by atoms with Gasteiger partial charge in [0.05, 0.1) is 39.0 Å². The number of benzene rings is 4. The third-order valence-corrected chi connectivity index (χ3v) is 10.1. The van der Waals surface area contributed by atoms with Crippen LogP contribution in [0.25, 0.3) is 0 Å². The summed E-state index contributed by atoms with van der Waals surface area (Å²) in [5.74, 6) is -2.51. The zero-order valence-corrected chi connectivity index (χ0v) is 35.9. The summed E-state index contributed by atoms with van der Waals surface area (Å²) in [5, 5.41) is 20.2. The van der Waals surface area contributed by atoms with Gasteiger partial charge in [0.2, 0.25) is 0 Å². The summed E-state index contributed by atoms with van der Waals surface area (Å²) in [5.41, 5.74) is 3.41. The van der Waals surface area contributed by atoms with Crippen molar-refractivity contribution in [2.24, 2.45) is 0 Å². The van der Waals surface area contributed by atoms with Crippen LogP contribution in [0.3, 0.4) is 0 Å². The van der Waals surface area contributed by atoms with E-state index in [-0.39, 0.29) is 12.2 Å². The van der Waals surface area contributed by atoms with Gasteiger partial charge in [0.25, 0.3) is 0 Å². The third-order valence-electron chi connectivity index (χ3n) is 7.77. The monoisotopic (exact) mass is 944 g/mol. The van der Waals surface area contributed by atoms with Gasteiger partial charge in [-0.15, -0.1) is 0 Å². The van der Waals surface area contributed by atoms with Crippen molar-refractivity contribution in [2.45, 2.75) is 38.5 Å². The molecule has 0 aliphatic heterocycles. The van der Waals surface area contributed by atoms with Crippen molar-refractivity contribution in [3.8, 4) is 0 Å². The number of carboxylic acid groups (broad SMARTS) is 2. The fraction of sp³-hybridized carbons (Fsp3) is 0.150. The van der Waals surface area contributed by atoms with Crippen LogP contribution in [0.2, 0.25) is 40.2 Å². The molecule has 2 atom stereocenters. The quantitative estimate of drug-likeness (QED) is 0.103. The topological polar surface area (TPSA) is 129 Å². The van der Waals surface area contributed by atoms with Gasteiger partial charge in [0.1, 0.15) is 12.2 Å². The Bertz CT molecular complexity index is 2130. The van der Waals surface area contributed by atoms with Gasteiger partial charge in [0.15, 0.2) is 0 Å². The van der Waals surface area contributed by atoms with Gasteiger partial charge in [-0.05, 0) is 59.7 Å². The fourth-order valence-electron chi connectivity index (χ4n) is 4.98. The van der Waals surface area contributed by atoms with Crippen LogP contribution >= 0.6 is 92.8 Å². The maximum absolute atomic E-state index is 9.55. The zero-order chi connectivity index (χ0) is 42.2. The summed E-state index contributed by atoms with van der Waals surface area (Å²) in [6.07, 6.45) is 11.2. The normalized spacial score (nSPS) is 11.9. The number of nitrogens with zero attached hydrogens (tertiary/aromatic N) is 4. The van der Waals surface area contributed by atoms with Crippen LogP contribution in [0.15, 0.2) is 122 Å². The number of carbonyl (C=O) groups is 2. The lowest BCUT2D eigenvalue weighted by Gasteiger charge is -2.21. The second-order valence-electron chi connectivity index (χ2n) is 11.9. The molecule has 0 aliphatic rings. The lowest BCUT2D eigenvalue weighted by molar-refractivity contribution is -0.134. The molecular formula is C40H32Cl8N4O6. The predicted molar refractivity (Wildman–Crippen MR) is 230 cm³/mol. The van der Waals surface area contributed by atoms with Gasteiger partial charge in [-0.3, -0.25) is 0 Å². The van der Waals surface area contributed by atoms with E-state index < -0.39 is 11.9 Å². The van der Waals surface area contributed by atoms with Gasteiger partial charge in [0, 0.05) is 88.2 Å². The molecule has 0 bridgehead atoms. The minimum Gasteiger partial charge on any atom is -0.478 e. The summed E-state index contributed by atoms with van der Waals surface area (Å²) in [7, 11) is 0. The maximum Gasteiger partial charge on any atom is 0.328 e. The molecule has 0 amide bonds. The van der Waals surface area contributed by atoms with E-state index in [2.05, 4.69) is 9.97 Å². The van der Waals surface area contributed by atoms with Crippen LogP contribution in [0.4, 0.5) is 0 Å². The molecule has 6 rings (SSSR count). The van der Waals surface area contributed by atoms with Gasteiger partial charge in [-0.2, -0.15) is 0 Å². The highest BCUT2D eigenvalue weighted by Crippen LogP contribution is 2.33. The van der Waals surface area contributed by atoms with E-state index >= 15 is 0 Å². The van der Waals surface area contributed by atoms with Crippen LogP contribution in [0.1, 0.15) is 34.5 Å². The Morgan fingerprint density at radius 2 is 0.897 bits per heavy atom. The van der Waals surface area contributed by atoms with Crippen LogP contribution in [-0.4, -0.2) is 41.3 Å². The van der Waals surface area contributed by atoms with Crippen molar-refractivity contribution in [1.29, 1.82) is 0 Å². The van der Waals surface area contributed by atoms with E-state index in [4.69, 9.17) is 112 Å². The van der Waals surface area contributed by atoms with Crippen molar-refractivity contribution in [1.82, 2.24) is 19.1 Å². The number of hydrogen-bond acceptors (Lipinski definition) is 6. The van der Waals surface area contributed by atoms with E-state index in [1.165, 1.54) is 0 Å². The minimum atomic E-state index is -1.26. The first-order valence-electron chi connectivity index (χ1n) is 16.7.